The van der Waals surface area contributed by atoms with E-state index in [-0.39, 0.29) is 24.1 Å². The monoisotopic (exact) mass is 324 g/mol. The molecule has 2 heterocycles. The molecule has 5 nitrogen and oxygen atoms in total. The van der Waals surface area contributed by atoms with Gasteiger partial charge in [-0.05, 0) is 42.4 Å². The molecule has 1 aliphatic carbocycles. The summed E-state index contributed by atoms with van der Waals surface area (Å²) < 4.78 is 0. The lowest BCUT2D eigenvalue weighted by Crippen LogP contribution is -2.42. The van der Waals surface area contributed by atoms with Gasteiger partial charge < -0.3 is 15.0 Å². The Morgan fingerprint density at radius 1 is 1.25 bits per heavy atom. The molecule has 1 fully saturated rings. The Labute approximate surface area is 139 Å². The number of pyridine rings is 1. The number of nitrogens with one attached hydrogen (secondary N) is 1. The lowest BCUT2D eigenvalue weighted by atomic mass is 9.92. The van der Waals surface area contributed by atoms with Crippen molar-refractivity contribution in [2.45, 2.75) is 31.2 Å². The van der Waals surface area contributed by atoms with Gasteiger partial charge in [0.1, 0.15) is 0 Å². The number of amides is 1. The van der Waals surface area contributed by atoms with Gasteiger partial charge in [0.05, 0.1) is 12.6 Å². The van der Waals surface area contributed by atoms with E-state index in [0.29, 0.717) is 18.0 Å². The number of hydrogen-bond acceptors (Lipinski definition) is 3. The van der Waals surface area contributed by atoms with E-state index < -0.39 is 0 Å². The molecular formula is C19H20N2O3. The first-order valence-corrected chi connectivity index (χ1v) is 8.41. The minimum atomic E-state index is -0.355. The smallest absolute Gasteiger partial charge is 0.254 e. The van der Waals surface area contributed by atoms with Gasteiger partial charge in [-0.1, -0.05) is 24.3 Å². The summed E-state index contributed by atoms with van der Waals surface area (Å²) in [6.45, 7) is 0.425. The lowest BCUT2D eigenvalue weighted by molar-refractivity contribution is 0.0568. The maximum atomic E-state index is 13.0. The van der Waals surface area contributed by atoms with Crippen molar-refractivity contribution in [1.82, 2.24) is 9.88 Å². The van der Waals surface area contributed by atoms with Gasteiger partial charge in [0.25, 0.3) is 5.91 Å². The van der Waals surface area contributed by atoms with Gasteiger partial charge in [0, 0.05) is 23.9 Å². The average molecular weight is 324 g/mol. The third kappa shape index (κ3) is 2.65. The summed E-state index contributed by atoms with van der Waals surface area (Å²) in [5, 5.41) is 9.85. The Morgan fingerprint density at radius 3 is 2.79 bits per heavy atom. The number of hydrogen-bond donors (Lipinski definition) is 2. The summed E-state index contributed by atoms with van der Waals surface area (Å²) in [5.74, 6) is 0.192. The fourth-order valence-corrected chi connectivity index (χ4v) is 3.56. The Morgan fingerprint density at radius 2 is 2.04 bits per heavy atom. The maximum absolute atomic E-state index is 13.0. The first-order valence-electron chi connectivity index (χ1n) is 8.41. The van der Waals surface area contributed by atoms with Crippen molar-refractivity contribution in [3.8, 4) is 0 Å². The number of benzene rings is 1. The number of carbonyl (C=O) groups is 1. The van der Waals surface area contributed by atoms with Crippen LogP contribution in [0, 0.1) is 0 Å². The second kappa shape index (κ2) is 5.91. The van der Waals surface area contributed by atoms with Crippen molar-refractivity contribution in [2.24, 2.45) is 0 Å². The van der Waals surface area contributed by atoms with E-state index >= 15 is 0 Å². The highest BCUT2D eigenvalue weighted by Gasteiger charge is 2.32. The highest BCUT2D eigenvalue weighted by Crippen LogP contribution is 2.39. The van der Waals surface area contributed by atoms with E-state index in [0.717, 1.165) is 30.5 Å². The van der Waals surface area contributed by atoms with Gasteiger partial charge in [-0.15, -0.1) is 0 Å². The van der Waals surface area contributed by atoms with Crippen LogP contribution in [-0.2, 0) is 6.42 Å². The molecule has 0 spiro atoms. The molecule has 4 rings (SSSR count). The number of aliphatic hydroxyl groups is 1. The molecule has 2 N–H and O–H groups in total. The molecule has 5 heteroatoms. The fraction of sp³-hybridized carbons (Fsp3) is 0.368. The molecule has 0 unspecified atom stereocenters. The predicted octanol–water partition coefficient (Wildman–Crippen LogP) is 1.98. The molecule has 1 aromatic carbocycles. The van der Waals surface area contributed by atoms with Crippen LogP contribution < -0.4 is 5.56 Å². The Hall–Kier alpha value is -2.40. The van der Waals surface area contributed by atoms with Crippen LogP contribution in [0.3, 0.4) is 0 Å². The molecule has 24 heavy (non-hydrogen) atoms. The number of carbonyl (C=O) groups excluding carboxylic acids is 1. The minimum absolute atomic E-state index is 0.124. The summed E-state index contributed by atoms with van der Waals surface area (Å²) in [4.78, 5) is 29.4. The van der Waals surface area contributed by atoms with E-state index in [9.17, 15) is 14.7 Å². The standard InChI is InChI=1S/C19H20N2O3/c22-11-17-15-4-2-1-3-12(15)7-8-21(17)19(24)14-9-16(13-5-6-13)20-18(23)10-14/h1-4,9-10,13,17,22H,5-8,11H2,(H,20,23)/t17-/m0/s1. The summed E-state index contributed by atoms with van der Waals surface area (Å²) in [6.07, 6.45) is 2.88. The van der Waals surface area contributed by atoms with E-state index in [1.807, 2.05) is 24.3 Å². The van der Waals surface area contributed by atoms with Crippen molar-refractivity contribution in [2.75, 3.05) is 13.2 Å². The molecule has 0 bridgehead atoms. The number of aliphatic hydroxyl groups excluding tert-OH is 1. The zero-order valence-electron chi connectivity index (χ0n) is 13.4. The number of rotatable bonds is 3. The van der Waals surface area contributed by atoms with E-state index in [1.165, 1.54) is 11.6 Å². The molecule has 1 aliphatic heterocycles. The van der Waals surface area contributed by atoms with Crippen molar-refractivity contribution in [3.63, 3.8) is 0 Å². The van der Waals surface area contributed by atoms with Gasteiger partial charge in [0.2, 0.25) is 5.56 Å². The van der Waals surface area contributed by atoms with Crippen LogP contribution in [-0.4, -0.2) is 34.0 Å². The molecule has 0 radical (unpaired) electrons. The van der Waals surface area contributed by atoms with Crippen LogP contribution in [0.1, 0.15) is 52.0 Å². The van der Waals surface area contributed by atoms with Crippen LogP contribution in [0.15, 0.2) is 41.2 Å². The van der Waals surface area contributed by atoms with Crippen LogP contribution in [0.2, 0.25) is 0 Å². The van der Waals surface area contributed by atoms with Gasteiger partial charge in [-0.2, -0.15) is 0 Å². The minimum Gasteiger partial charge on any atom is -0.394 e. The van der Waals surface area contributed by atoms with Crippen molar-refractivity contribution in [3.05, 3.63) is 69.1 Å². The number of aromatic amines is 1. The van der Waals surface area contributed by atoms with Crippen molar-refractivity contribution in [1.29, 1.82) is 0 Å². The number of aromatic nitrogens is 1. The third-order valence-electron chi connectivity index (χ3n) is 4.98. The summed E-state index contributed by atoms with van der Waals surface area (Å²) in [5.41, 5.74) is 3.19. The fourth-order valence-electron chi connectivity index (χ4n) is 3.56. The second-order valence-corrected chi connectivity index (χ2v) is 6.61. The molecular weight excluding hydrogens is 304 g/mol. The number of nitrogens with zero attached hydrogens (tertiary/aromatic N) is 1. The average Bonchev–Trinajstić information content (AvgIpc) is 3.44. The Balaban J connectivity index is 1.68. The van der Waals surface area contributed by atoms with Crippen LogP contribution in [0.4, 0.5) is 0 Å². The zero-order valence-corrected chi connectivity index (χ0v) is 13.4. The summed E-state index contributed by atoms with van der Waals surface area (Å²) in [6, 6.07) is 10.7. The third-order valence-corrected chi connectivity index (χ3v) is 4.98. The first kappa shape index (κ1) is 15.1. The molecule has 1 amide bonds. The van der Waals surface area contributed by atoms with E-state index in [4.69, 9.17) is 0 Å². The molecule has 0 saturated heterocycles. The summed E-state index contributed by atoms with van der Waals surface area (Å²) in [7, 11) is 0. The largest absolute Gasteiger partial charge is 0.394 e. The molecule has 2 aromatic rings. The summed E-state index contributed by atoms with van der Waals surface area (Å²) >= 11 is 0. The van der Waals surface area contributed by atoms with Crippen LogP contribution >= 0.6 is 0 Å². The second-order valence-electron chi connectivity index (χ2n) is 6.61. The number of fused-ring (bicyclic) bond motifs is 1. The van der Waals surface area contributed by atoms with E-state index in [1.54, 1.807) is 11.0 Å². The van der Waals surface area contributed by atoms with Gasteiger partial charge >= 0.3 is 0 Å². The molecule has 1 atom stereocenters. The van der Waals surface area contributed by atoms with Crippen LogP contribution in [0.5, 0.6) is 0 Å². The Bertz CT molecular complexity index is 839. The lowest BCUT2D eigenvalue weighted by Gasteiger charge is -2.36. The van der Waals surface area contributed by atoms with Crippen molar-refractivity contribution >= 4 is 5.91 Å². The maximum Gasteiger partial charge on any atom is 0.254 e. The predicted molar refractivity (Wildman–Crippen MR) is 90.0 cm³/mol. The molecule has 1 saturated carbocycles. The topological polar surface area (TPSA) is 73.4 Å². The molecule has 2 aliphatic rings. The highest BCUT2D eigenvalue weighted by atomic mass is 16.3. The first-order chi connectivity index (χ1) is 11.7. The van der Waals surface area contributed by atoms with Crippen molar-refractivity contribution < 1.29 is 9.90 Å². The number of H-pyrrole nitrogens is 1. The normalized spacial score (nSPS) is 19.9. The SMILES string of the molecule is O=C(c1cc(C2CC2)[nH]c(=O)c1)N1CCc2ccccc2[C@@H]1CO. The zero-order chi connectivity index (χ0) is 16.7. The van der Waals surface area contributed by atoms with E-state index in [2.05, 4.69) is 4.98 Å². The van der Waals surface area contributed by atoms with Crippen LogP contribution in [0.25, 0.3) is 0 Å². The van der Waals surface area contributed by atoms with Gasteiger partial charge in [-0.3, -0.25) is 9.59 Å². The van der Waals surface area contributed by atoms with Gasteiger partial charge in [0.15, 0.2) is 0 Å². The quantitative estimate of drug-likeness (QED) is 0.907. The molecule has 1 aromatic heterocycles. The Kier molecular flexibility index (Phi) is 3.73. The van der Waals surface area contributed by atoms with Gasteiger partial charge in [-0.25, -0.2) is 0 Å². The molecule has 124 valence electrons. The highest BCUT2D eigenvalue weighted by molar-refractivity contribution is 5.94.